The highest BCUT2D eigenvalue weighted by molar-refractivity contribution is 5.63. The van der Waals surface area contributed by atoms with Crippen molar-refractivity contribution in [2.24, 2.45) is 0 Å². The number of hydrogen-bond acceptors (Lipinski definition) is 4. The van der Waals surface area contributed by atoms with Crippen molar-refractivity contribution in [3.05, 3.63) is 12.1 Å². The van der Waals surface area contributed by atoms with Crippen molar-refractivity contribution in [1.82, 2.24) is 0 Å². The van der Waals surface area contributed by atoms with Crippen molar-refractivity contribution >= 4 is 5.69 Å². The average molecular weight is 295 g/mol. The predicted octanol–water partition coefficient (Wildman–Crippen LogP) is 4.57. The highest BCUT2D eigenvalue weighted by Crippen LogP contribution is 2.37. The number of ether oxygens (including phenoxy) is 2. The number of hydrogen-bond donors (Lipinski definition) is 2. The summed E-state index contributed by atoms with van der Waals surface area (Å²) in [6.07, 6.45) is 6.67. The summed E-state index contributed by atoms with van der Waals surface area (Å²) >= 11 is 0. The zero-order chi connectivity index (χ0) is 15.5. The van der Waals surface area contributed by atoms with Crippen LogP contribution >= 0.6 is 0 Å². The van der Waals surface area contributed by atoms with Crippen molar-refractivity contribution in [3.8, 4) is 17.2 Å². The normalized spacial score (nSPS) is 10.4. The first-order valence-corrected chi connectivity index (χ1v) is 8.03. The third kappa shape index (κ3) is 6.15. The first kappa shape index (κ1) is 17.5. The van der Waals surface area contributed by atoms with E-state index in [2.05, 4.69) is 19.2 Å². The molecule has 4 heteroatoms. The first-order chi connectivity index (χ1) is 10.2. The molecule has 120 valence electrons. The van der Waals surface area contributed by atoms with E-state index in [1.807, 2.05) is 0 Å². The summed E-state index contributed by atoms with van der Waals surface area (Å²) < 4.78 is 11.6. The van der Waals surface area contributed by atoms with Crippen LogP contribution in [0.1, 0.15) is 52.4 Å². The molecular formula is C17H29NO3. The van der Waals surface area contributed by atoms with E-state index in [9.17, 15) is 5.11 Å². The number of unbranched alkanes of at least 4 members (excludes halogenated alkanes) is 4. The van der Waals surface area contributed by atoms with Crippen LogP contribution in [0.4, 0.5) is 5.69 Å². The SMILES string of the molecule is CCCCCOc1cc(O)c(NC)cc1OCCCCC. The monoisotopic (exact) mass is 295 g/mol. The molecule has 0 fully saturated rings. The van der Waals surface area contributed by atoms with Crippen molar-refractivity contribution in [1.29, 1.82) is 0 Å². The molecular weight excluding hydrogens is 266 g/mol. The number of aromatic hydroxyl groups is 1. The minimum atomic E-state index is 0.184. The molecule has 1 aromatic rings. The maximum atomic E-state index is 9.93. The van der Waals surface area contributed by atoms with Gasteiger partial charge in [0.1, 0.15) is 5.75 Å². The van der Waals surface area contributed by atoms with Gasteiger partial charge in [-0.2, -0.15) is 0 Å². The minimum Gasteiger partial charge on any atom is -0.506 e. The lowest BCUT2D eigenvalue weighted by Gasteiger charge is -2.15. The van der Waals surface area contributed by atoms with Gasteiger partial charge in [-0.1, -0.05) is 39.5 Å². The van der Waals surface area contributed by atoms with Gasteiger partial charge >= 0.3 is 0 Å². The molecule has 0 heterocycles. The van der Waals surface area contributed by atoms with Crippen LogP contribution in [0.3, 0.4) is 0 Å². The van der Waals surface area contributed by atoms with Crippen molar-refractivity contribution in [2.75, 3.05) is 25.6 Å². The van der Waals surface area contributed by atoms with E-state index >= 15 is 0 Å². The molecule has 21 heavy (non-hydrogen) atoms. The zero-order valence-corrected chi connectivity index (χ0v) is 13.6. The van der Waals surface area contributed by atoms with E-state index in [-0.39, 0.29) is 5.75 Å². The van der Waals surface area contributed by atoms with E-state index in [4.69, 9.17) is 9.47 Å². The number of benzene rings is 1. The van der Waals surface area contributed by atoms with E-state index in [1.165, 1.54) is 6.42 Å². The summed E-state index contributed by atoms with van der Waals surface area (Å²) in [4.78, 5) is 0. The molecule has 2 N–H and O–H groups in total. The van der Waals surface area contributed by atoms with Crippen molar-refractivity contribution < 1.29 is 14.6 Å². The quantitative estimate of drug-likeness (QED) is 0.464. The van der Waals surface area contributed by atoms with Crippen LogP contribution in [-0.4, -0.2) is 25.4 Å². The molecule has 0 atom stereocenters. The summed E-state index contributed by atoms with van der Waals surface area (Å²) in [6, 6.07) is 3.43. The first-order valence-electron chi connectivity index (χ1n) is 8.03. The van der Waals surface area contributed by atoms with E-state index < -0.39 is 0 Å². The van der Waals surface area contributed by atoms with Gasteiger partial charge in [0.15, 0.2) is 11.5 Å². The van der Waals surface area contributed by atoms with Gasteiger partial charge in [0.25, 0.3) is 0 Å². The Balaban J connectivity index is 2.69. The Kier molecular flexibility index (Phi) is 8.48. The molecule has 1 rings (SSSR count). The minimum absolute atomic E-state index is 0.184. The third-order valence-electron chi connectivity index (χ3n) is 3.34. The number of anilines is 1. The molecule has 0 unspecified atom stereocenters. The molecule has 0 amide bonds. The van der Waals surface area contributed by atoms with Crippen LogP contribution < -0.4 is 14.8 Å². The Morgan fingerprint density at radius 1 is 0.905 bits per heavy atom. The second-order valence-corrected chi connectivity index (χ2v) is 5.18. The fourth-order valence-electron chi connectivity index (χ4n) is 2.04. The highest BCUT2D eigenvalue weighted by Gasteiger charge is 2.11. The number of phenolic OH excluding ortho intramolecular Hbond substituents is 1. The molecule has 0 saturated heterocycles. The number of rotatable bonds is 11. The summed E-state index contributed by atoms with van der Waals surface area (Å²) in [5.74, 6) is 1.51. The molecule has 0 aliphatic heterocycles. The van der Waals surface area contributed by atoms with Crippen LogP contribution in [0.15, 0.2) is 12.1 Å². The van der Waals surface area contributed by atoms with Crippen LogP contribution in [0.2, 0.25) is 0 Å². The molecule has 0 aliphatic carbocycles. The van der Waals surface area contributed by atoms with Crippen molar-refractivity contribution in [2.45, 2.75) is 52.4 Å². The van der Waals surface area contributed by atoms with E-state index in [0.717, 1.165) is 32.1 Å². The molecule has 0 saturated carbocycles. The van der Waals surface area contributed by atoms with Crippen LogP contribution in [0.25, 0.3) is 0 Å². The third-order valence-corrected chi connectivity index (χ3v) is 3.34. The van der Waals surface area contributed by atoms with Crippen molar-refractivity contribution in [3.63, 3.8) is 0 Å². The van der Waals surface area contributed by atoms with E-state index in [0.29, 0.717) is 30.4 Å². The Bertz CT molecular complexity index is 407. The molecule has 0 aliphatic rings. The zero-order valence-electron chi connectivity index (χ0n) is 13.6. The Labute approximate surface area is 128 Å². The lowest BCUT2D eigenvalue weighted by Crippen LogP contribution is -2.03. The Hall–Kier alpha value is -1.58. The largest absolute Gasteiger partial charge is 0.506 e. The van der Waals surface area contributed by atoms with Gasteiger partial charge < -0.3 is 19.9 Å². The van der Waals surface area contributed by atoms with Gasteiger partial charge in [0.2, 0.25) is 0 Å². The summed E-state index contributed by atoms with van der Waals surface area (Å²) in [5, 5.41) is 12.9. The summed E-state index contributed by atoms with van der Waals surface area (Å²) in [6.45, 7) is 5.66. The number of nitrogens with one attached hydrogen (secondary N) is 1. The van der Waals surface area contributed by atoms with Crippen LogP contribution in [0, 0.1) is 0 Å². The van der Waals surface area contributed by atoms with Crippen LogP contribution in [-0.2, 0) is 0 Å². The van der Waals surface area contributed by atoms with Gasteiger partial charge in [0, 0.05) is 19.2 Å². The topological polar surface area (TPSA) is 50.7 Å². The standard InChI is InChI=1S/C17H29NO3/c1-4-6-8-10-20-16-12-14(18-3)15(19)13-17(16)21-11-9-7-5-2/h12-13,18-19H,4-11H2,1-3H3. The van der Waals surface area contributed by atoms with Gasteiger partial charge in [-0.05, 0) is 12.8 Å². The van der Waals surface area contributed by atoms with Crippen LogP contribution in [0.5, 0.6) is 17.2 Å². The highest BCUT2D eigenvalue weighted by atomic mass is 16.5. The van der Waals surface area contributed by atoms with Gasteiger partial charge in [0.05, 0.1) is 18.9 Å². The molecule has 0 radical (unpaired) electrons. The second-order valence-electron chi connectivity index (χ2n) is 5.18. The maximum Gasteiger partial charge on any atom is 0.165 e. The lowest BCUT2D eigenvalue weighted by atomic mass is 10.2. The molecule has 0 bridgehead atoms. The fourth-order valence-corrected chi connectivity index (χ4v) is 2.04. The Morgan fingerprint density at radius 2 is 1.43 bits per heavy atom. The Morgan fingerprint density at radius 3 is 1.90 bits per heavy atom. The smallest absolute Gasteiger partial charge is 0.165 e. The molecule has 0 spiro atoms. The summed E-state index contributed by atoms with van der Waals surface area (Å²) in [7, 11) is 1.78. The molecule has 1 aromatic carbocycles. The summed E-state index contributed by atoms with van der Waals surface area (Å²) in [5.41, 5.74) is 0.654. The van der Waals surface area contributed by atoms with E-state index in [1.54, 1.807) is 19.2 Å². The fraction of sp³-hybridized carbons (Fsp3) is 0.647. The lowest BCUT2D eigenvalue weighted by molar-refractivity contribution is 0.258. The predicted molar refractivity (Wildman–Crippen MR) is 87.7 cm³/mol. The second kappa shape index (κ2) is 10.2. The van der Waals surface area contributed by atoms with Gasteiger partial charge in [-0.15, -0.1) is 0 Å². The maximum absolute atomic E-state index is 9.93. The molecule has 4 nitrogen and oxygen atoms in total. The van der Waals surface area contributed by atoms with Gasteiger partial charge in [-0.25, -0.2) is 0 Å². The average Bonchev–Trinajstić information content (AvgIpc) is 2.49. The number of phenols is 1. The molecule has 0 aromatic heterocycles. The van der Waals surface area contributed by atoms with Gasteiger partial charge in [-0.3, -0.25) is 0 Å².